The van der Waals surface area contributed by atoms with Gasteiger partial charge in [0.25, 0.3) is 0 Å². The molecule has 0 radical (unpaired) electrons. The van der Waals surface area contributed by atoms with Crippen molar-refractivity contribution in [3.8, 4) is 23.3 Å². The predicted molar refractivity (Wildman–Crippen MR) is 99.5 cm³/mol. The fourth-order valence-corrected chi connectivity index (χ4v) is 2.50. The van der Waals surface area contributed by atoms with Crippen molar-refractivity contribution < 1.29 is 4.74 Å². The molecule has 0 unspecified atom stereocenters. The smallest absolute Gasteiger partial charge is 0.127 e. The van der Waals surface area contributed by atoms with E-state index in [2.05, 4.69) is 43.9 Å². The summed E-state index contributed by atoms with van der Waals surface area (Å²) in [6, 6.07) is 24.2. The maximum atomic E-state index is 5.97. The zero-order valence-corrected chi connectivity index (χ0v) is 14.0. The first-order valence-electron chi connectivity index (χ1n) is 8.18. The fraction of sp³-hybridized carbons (Fsp3) is 0.130. The van der Waals surface area contributed by atoms with E-state index in [0.717, 1.165) is 29.0 Å². The van der Waals surface area contributed by atoms with Crippen LogP contribution in [0.2, 0.25) is 0 Å². The average molecular weight is 312 g/mol. The van der Waals surface area contributed by atoms with Crippen LogP contribution in [0.25, 0.3) is 0 Å². The van der Waals surface area contributed by atoms with Crippen LogP contribution >= 0.6 is 0 Å². The Kier molecular flexibility index (Phi) is 4.99. The van der Waals surface area contributed by atoms with E-state index >= 15 is 0 Å². The van der Waals surface area contributed by atoms with Gasteiger partial charge in [-0.05, 0) is 73.0 Å². The Labute approximate surface area is 143 Å². The number of hydrogen-bond donors (Lipinski definition) is 0. The zero-order chi connectivity index (χ0) is 16.8. The van der Waals surface area contributed by atoms with Crippen molar-refractivity contribution in [1.29, 1.82) is 0 Å². The molecule has 24 heavy (non-hydrogen) atoms. The molecule has 0 heterocycles. The molecule has 0 saturated carbocycles. The number of hydrogen-bond acceptors (Lipinski definition) is 1. The molecule has 0 aliphatic carbocycles. The molecule has 1 heteroatoms. The molecule has 3 aromatic rings. The summed E-state index contributed by atoms with van der Waals surface area (Å²) in [6.45, 7) is 4.24. The Morgan fingerprint density at radius 1 is 0.750 bits per heavy atom. The quantitative estimate of drug-likeness (QED) is 0.560. The molecular formula is C23H20O. The lowest BCUT2D eigenvalue weighted by atomic mass is 10.1. The van der Waals surface area contributed by atoms with Crippen molar-refractivity contribution in [2.45, 2.75) is 20.3 Å². The van der Waals surface area contributed by atoms with Crippen LogP contribution in [0.15, 0.2) is 72.8 Å². The normalized spacial score (nSPS) is 9.92. The molecule has 0 aliphatic heterocycles. The SMILES string of the molecule is CCc1cc(C)cc(Oc2ccc(C#Cc3ccccc3)cc2)c1. The summed E-state index contributed by atoms with van der Waals surface area (Å²) >= 11 is 0. The highest BCUT2D eigenvalue weighted by atomic mass is 16.5. The number of ether oxygens (including phenoxy) is 1. The third-order valence-electron chi connectivity index (χ3n) is 3.73. The van der Waals surface area contributed by atoms with Gasteiger partial charge in [-0.15, -0.1) is 0 Å². The van der Waals surface area contributed by atoms with E-state index < -0.39 is 0 Å². The van der Waals surface area contributed by atoms with Crippen molar-refractivity contribution >= 4 is 0 Å². The Morgan fingerprint density at radius 3 is 2.08 bits per heavy atom. The lowest BCUT2D eigenvalue weighted by Gasteiger charge is -2.08. The summed E-state index contributed by atoms with van der Waals surface area (Å²) in [7, 11) is 0. The molecule has 0 aliphatic rings. The Balaban J connectivity index is 1.73. The van der Waals surface area contributed by atoms with Gasteiger partial charge in [0.05, 0.1) is 0 Å². The monoisotopic (exact) mass is 312 g/mol. The summed E-state index contributed by atoms with van der Waals surface area (Å²) in [5.74, 6) is 8.05. The first-order valence-corrected chi connectivity index (χ1v) is 8.18. The molecular weight excluding hydrogens is 292 g/mol. The van der Waals surface area contributed by atoms with Gasteiger partial charge in [-0.2, -0.15) is 0 Å². The van der Waals surface area contributed by atoms with Gasteiger partial charge in [-0.1, -0.05) is 43.0 Å². The summed E-state index contributed by atoms with van der Waals surface area (Å²) in [6.07, 6.45) is 1.01. The molecule has 0 bridgehead atoms. The largest absolute Gasteiger partial charge is 0.457 e. The van der Waals surface area contributed by atoms with Crippen molar-refractivity contribution in [1.82, 2.24) is 0 Å². The zero-order valence-electron chi connectivity index (χ0n) is 14.0. The third-order valence-corrected chi connectivity index (χ3v) is 3.73. The van der Waals surface area contributed by atoms with Gasteiger partial charge in [0.15, 0.2) is 0 Å². The van der Waals surface area contributed by atoms with Crippen LogP contribution in [0.5, 0.6) is 11.5 Å². The van der Waals surface area contributed by atoms with E-state index in [9.17, 15) is 0 Å². The van der Waals surface area contributed by atoms with E-state index in [0.29, 0.717) is 0 Å². The van der Waals surface area contributed by atoms with Crippen LogP contribution in [-0.4, -0.2) is 0 Å². The molecule has 0 saturated heterocycles. The van der Waals surface area contributed by atoms with E-state index in [1.54, 1.807) is 0 Å². The summed E-state index contributed by atoms with van der Waals surface area (Å²) in [4.78, 5) is 0. The molecule has 0 aromatic heterocycles. The van der Waals surface area contributed by atoms with Gasteiger partial charge >= 0.3 is 0 Å². The van der Waals surface area contributed by atoms with Crippen molar-refractivity contribution in [2.24, 2.45) is 0 Å². The molecule has 0 N–H and O–H groups in total. The molecule has 0 amide bonds. The maximum Gasteiger partial charge on any atom is 0.127 e. The predicted octanol–water partition coefficient (Wildman–Crippen LogP) is 5.75. The number of rotatable bonds is 3. The summed E-state index contributed by atoms with van der Waals surface area (Å²) in [5, 5.41) is 0. The molecule has 1 nitrogen and oxygen atoms in total. The lowest BCUT2D eigenvalue weighted by Crippen LogP contribution is -1.88. The Bertz CT molecular complexity index is 865. The van der Waals surface area contributed by atoms with Gasteiger partial charge < -0.3 is 4.74 Å². The van der Waals surface area contributed by atoms with Crippen LogP contribution in [0.4, 0.5) is 0 Å². The van der Waals surface area contributed by atoms with Crippen molar-refractivity contribution in [3.63, 3.8) is 0 Å². The molecule has 118 valence electrons. The molecule has 0 atom stereocenters. The van der Waals surface area contributed by atoms with Crippen LogP contribution < -0.4 is 4.74 Å². The summed E-state index contributed by atoms with van der Waals surface area (Å²) < 4.78 is 5.97. The highest BCUT2D eigenvalue weighted by Crippen LogP contribution is 2.24. The first-order chi connectivity index (χ1) is 11.7. The maximum absolute atomic E-state index is 5.97. The molecule has 3 aromatic carbocycles. The van der Waals surface area contributed by atoms with E-state index in [1.807, 2.05) is 54.6 Å². The molecule has 3 rings (SSSR count). The van der Waals surface area contributed by atoms with Crippen LogP contribution in [0.3, 0.4) is 0 Å². The second-order valence-corrected chi connectivity index (χ2v) is 5.75. The average Bonchev–Trinajstić information content (AvgIpc) is 2.61. The standard InChI is InChI=1S/C23H20O/c1-3-19-15-18(2)16-23(17-19)24-22-13-11-21(12-14-22)10-9-20-7-5-4-6-8-20/h4-8,11-17H,3H2,1-2H3. The minimum atomic E-state index is 0.827. The van der Waals surface area contributed by atoms with E-state index in [1.165, 1.54) is 11.1 Å². The van der Waals surface area contributed by atoms with Gasteiger partial charge in [-0.3, -0.25) is 0 Å². The Hall–Kier alpha value is -2.98. The third kappa shape index (κ3) is 4.27. The van der Waals surface area contributed by atoms with Crippen LogP contribution in [0.1, 0.15) is 29.2 Å². The van der Waals surface area contributed by atoms with Gasteiger partial charge in [0.1, 0.15) is 11.5 Å². The first kappa shape index (κ1) is 15.9. The minimum absolute atomic E-state index is 0.827. The van der Waals surface area contributed by atoms with Gasteiger partial charge in [0, 0.05) is 11.1 Å². The fourth-order valence-electron chi connectivity index (χ4n) is 2.50. The van der Waals surface area contributed by atoms with Crippen molar-refractivity contribution in [3.05, 3.63) is 95.1 Å². The minimum Gasteiger partial charge on any atom is -0.457 e. The lowest BCUT2D eigenvalue weighted by molar-refractivity contribution is 0.481. The second-order valence-electron chi connectivity index (χ2n) is 5.75. The van der Waals surface area contributed by atoms with Crippen LogP contribution in [-0.2, 0) is 6.42 Å². The number of aryl methyl sites for hydroxylation is 2. The van der Waals surface area contributed by atoms with Crippen LogP contribution in [0, 0.1) is 18.8 Å². The molecule has 0 spiro atoms. The second kappa shape index (κ2) is 7.53. The van der Waals surface area contributed by atoms with Gasteiger partial charge in [-0.25, -0.2) is 0 Å². The van der Waals surface area contributed by atoms with E-state index in [4.69, 9.17) is 4.74 Å². The van der Waals surface area contributed by atoms with Crippen molar-refractivity contribution in [2.75, 3.05) is 0 Å². The van der Waals surface area contributed by atoms with Gasteiger partial charge in [0.2, 0.25) is 0 Å². The highest BCUT2D eigenvalue weighted by molar-refractivity contribution is 5.45. The molecule has 0 fully saturated rings. The van der Waals surface area contributed by atoms with E-state index in [-0.39, 0.29) is 0 Å². The topological polar surface area (TPSA) is 9.23 Å². The number of benzene rings is 3. The summed E-state index contributed by atoms with van der Waals surface area (Å²) in [5.41, 5.74) is 4.50. The Morgan fingerprint density at radius 2 is 1.42 bits per heavy atom. The highest BCUT2D eigenvalue weighted by Gasteiger charge is 2.01.